The third-order valence-corrected chi connectivity index (χ3v) is 4.02. The van der Waals surface area contributed by atoms with Gasteiger partial charge in [0.05, 0.1) is 12.7 Å². The first-order valence-electron chi connectivity index (χ1n) is 8.51. The molecule has 0 unspecified atom stereocenters. The Labute approximate surface area is 166 Å². The van der Waals surface area contributed by atoms with Gasteiger partial charge in [-0.15, -0.1) is 0 Å². The fraction of sp³-hybridized carbons (Fsp3) is 0.0455. The topological polar surface area (TPSA) is 113 Å². The summed E-state index contributed by atoms with van der Waals surface area (Å²) >= 11 is 0. The van der Waals surface area contributed by atoms with Crippen molar-refractivity contribution in [2.75, 3.05) is 12.4 Å². The number of aromatic carboxylic acids is 1. The molecule has 0 radical (unpaired) electrons. The van der Waals surface area contributed by atoms with Crippen LogP contribution in [0, 0.1) is 11.3 Å². The molecule has 2 aromatic carbocycles. The van der Waals surface area contributed by atoms with Crippen molar-refractivity contribution in [1.82, 2.24) is 0 Å². The van der Waals surface area contributed by atoms with Gasteiger partial charge < -0.3 is 19.6 Å². The molecular formula is C22H16N2O5. The van der Waals surface area contributed by atoms with Crippen molar-refractivity contribution < 1.29 is 23.8 Å². The summed E-state index contributed by atoms with van der Waals surface area (Å²) in [6.07, 6.45) is 1.34. The van der Waals surface area contributed by atoms with E-state index in [1.807, 2.05) is 6.07 Å². The van der Waals surface area contributed by atoms with E-state index in [1.165, 1.54) is 25.3 Å². The lowest BCUT2D eigenvalue weighted by atomic mass is 10.1. The zero-order chi connectivity index (χ0) is 20.8. The highest BCUT2D eigenvalue weighted by Crippen LogP contribution is 2.24. The smallest absolute Gasteiger partial charge is 0.335 e. The van der Waals surface area contributed by atoms with E-state index in [2.05, 4.69) is 5.32 Å². The van der Waals surface area contributed by atoms with Gasteiger partial charge in [0.15, 0.2) is 0 Å². The van der Waals surface area contributed by atoms with Crippen molar-refractivity contribution in [2.24, 2.45) is 0 Å². The third-order valence-electron chi connectivity index (χ3n) is 4.02. The van der Waals surface area contributed by atoms with Gasteiger partial charge in [-0.25, -0.2) is 4.79 Å². The Balaban J connectivity index is 1.78. The highest BCUT2D eigenvalue weighted by molar-refractivity contribution is 6.09. The summed E-state index contributed by atoms with van der Waals surface area (Å²) in [6.45, 7) is 0. The van der Waals surface area contributed by atoms with Crippen molar-refractivity contribution in [3.63, 3.8) is 0 Å². The highest BCUT2D eigenvalue weighted by atomic mass is 16.5. The molecule has 1 amide bonds. The molecule has 3 rings (SSSR count). The number of anilines is 1. The van der Waals surface area contributed by atoms with E-state index >= 15 is 0 Å². The predicted octanol–water partition coefficient (Wildman–Crippen LogP) is 4.20. The second kappa shape index (κ2) is 8.59. The molecule has 1 heterocycles. The van der Waals surface area contributed by atoms with Gasteiger partial charge in [0.1, 0.15) is 28.9 Å². The fourth-order valence-electron chi connectivity index (χ4n) is 2.55. The van der Waals surface area contributed by atoms with Gasteiger partial charge in [-0.1, -0.05) is 18.2 Å². The van der Waals surface area contributed by atoms with Crippen molar-refractivity contribution in [1.29, 1.82) is 5.26 Å². The van der Waals surface area contributed by atoms with Crippen LogP contribution in [0.4, 0.5) is 5.69 Å². The van der Waals surface area contributed by atoms with Crippen molar-refractivity contribution in [3.05, 3.63) is 77.6 Å². The Morgan fingerprint density at radius 2 is 1.90 bits per heavy atom. The average molecular weight is 388 g/mol. The van der Waals surface area contributed by atoms with Crippen LogP contribution in [-0.2, 0) is 4.79 Å². The first-order valence-corrected chi connectivity index (χ1v) is 8.51. The molecule has 0 spiro atoms. The zero-order valence-corrected chi connectivity index (χ0v) is 15.4. The molecule has 144 valence electrons. The summed E-state index contributed by atoms with van der Waals surface area (Å²) in [5.74, 6) is -0.210. The summed E-state index contributed by atoms with van der Waals surface area (Å²) in [4.78, 5) is 23.3. The number of amides is 1. The maximum atomic E-state index is 12.4. The number of methoxy groups -OCH3 is 1. The summed E-state index contributed by atoms with van der Waals surface area (Å²) in [7, 11) is 1.52. The molecule has 0 aliphatic carbocycles. The summed E-state index contributed by atoms with van der Waals surface area (Å²) in [6, 6.07) is 18.1. The normalized spacial score (nSPS) is 10.8. The second-order valence-electron chi connectivity index (χ2n) is 5.94. The number of carbonyl (C=O) groups is 2. The predicted molar refractivity (Wildman–Crippen MR) is 106 cm³/mol. The van der Waals surface area contributed by atoms with Crippen molar-refractivity contribution in [3.8, 4) is 23.1 Å². The molecule has 29 heavy (non-hydrogen) atoms. The standard InChI is InChI=1S/C22H16N2O5/c1-28-18-4-2-3-17(12-18)24-21(25)16(13-23)11-19-9-10-20(29-19)14-5-7-15(8-6-14)22(26)27/h2-12H,1H3,(H,24,25)(H,26,27)/b16-11+. The summed E-state index contributed by atoms with van der Waals surface area (Å²) < 4.78 is 10.8. The third kappa shape index (κ3) is 4.70. The van der Waals surface area contributed by atoms with E-state index in [-0.39, 0.29) is 11.1 Å². The lowest BCUT2D eigenvalue weighted by Crippen LogP contribution is -2.13. The van der Waals surface area contributed by atoms with Gasteiger partial charge >= 0.3 is 5.97 Å². The van der Waals surface area contributed by atoms with Gasteiger partial charge in [-0.3, -0.25) is 4.79 Å². The van der Waals surface area contributed by atoms with Gasteiger partial charge in [-0.2, -0.15) is 5.26 Å². The average Bonchev–Trinajstić information content (AvgIpc) is 3.20. The molecule has 0 bridgehead atoms. The monoisotopic (exact) mass is 388 g/mol. The number of benzene rings is 2. The lowest BCUT2D eigenvalue weighted by molar-refractivity contribution is -0.112. The molecule has 0 aliphatic heterocycles. The molecule has 0 aliphatic rings. The van der Waals surface area contributed by atoms with Gasteiger partial charge in [-0.05, 0) is 36.4 Å². The van der Waals surface area contributed by atoms with E-state index in [0.717, 1.165) is 0 Å². The summed E-state index contributed by atoms with van der Waals surface area (Å²) in [5, 5.41) is 20.9. The van der Waals surface area contributed by atoms with Crippen LogP contribution >= 0.6 is 0 Å². The Bertz CT molecular complexity index is 1120. The minimum absolute atomic E-state index is 0.130. The van der Waals surface area contributed by atoms with Gasteiger partial charge in [0, 0.05) is 23.4 Å². The molecule has 0 saturated heterocycles. The maximum absolute atomic E-state index is 12.4. The van der Waals surface area contributed by atoms with Crippen LogP contribution in [-0.4, -0.2) is 24.1 Å². The Kier molecular flexibility index (Phi) is 5.76. The second-order valence-corrected chi connectivity index (χ2v) is 5.94. The number of nitrogens with one attached hydrogen (secondary N) is 1. The highest BCUT2D eigenvalue weighted by Gasteiger charge is 2.12. The fourth-order valence-corrected chi connectivity index (χ4v) is 2.55. The number of carbonyl (C=O) groups excluding carboxylic acids is 1. The molecular weight excluding hydrogens is 372 g/mol. The Morgan fingerprint density at radius 1 is 1.14 bits per heavy atom. The number of furan rings is 1. The Hall–Kier alpha value is -4.31. The van der Waals surface area contributed by atoms with E-state index < -0.39 is 11.9 Å². The molecule has 0 saturated carbocycles. The first kappa shape index (κ1) is 19.5. The minimum Gasteiger partial charge on any atom is -0.497 e. The van der Waals surface area contributed by atoms with E-state index in [0.29, 0.717) is 28.5 Å². The van der Waals surface area contributed by atoms with Crippen LogP contribution in [0.2, 0.25) is 0 Å². The van der Waals surface area contributed by atoms with E-state index in [1.54, 1.807) is 48.5 Å². The molecule has 7 heteroatoms. The van der Waals surface area contributed by atoms with Gasteiger partial charge in [0.25, 0.3) is 5.91 Å². The summed E-state index contributed by atoms with van der Waals surface area (Å²) in [5.41, 5.74) is 1.21. The van der Waals surface area contributed by atoms with Gasteiger partial charge in [0.2, 0.25) is 0 Å². The van der Waals surface area contributed by atoms with Crippen LogP contribution in [0.1, 0.15) is 16.1 Å². The maximum Gasteiger partial charge on any atom is 0.335 e. The SMILES string of the molecule is COc1cccc(NC(=O)/C(C#N)=C/c2ccc(-c3ccc(C(=O)O)cc3)o2)c1. The number of ether oxygens (including phenoxy) is 1. The van der Waals surface area contributed by atoms with Crippen LogP contribution < -0.4 is 10.1 Å². The van der Waals surface area contributed by atoms with E-state index in [4.69, 9.17) is 14.3 Å². The van der Waals surface area contributed by atoms with Crippen LogP contribution in [0.5, 0.6) is 5.75 Å². The Morgan fingerprint density at radius 3 is 2.55 bits per heavy atom. The largest absolute Gasteiger partial charge is 0.497 e. The molecule has 1 aromatic heterocycles. The number of hydrogen-bond acceptors (Lipinski definition) is 5. The van der Waals surface area contributed by atoms with Crippen LogP contribution in [0.25, 0.3) is 17.4 Å². The number of hydrogen-bond donors (Lipinski definition) is 2. The minimum atomic E-state index is -1.01. The van der Waals surface area contributed by atoms with Crippen molar-refractivity contribution >= 4 is 23.6 Å². The zero-order valence-electron chi connectivity index (χ0n) is 15.4. The molecule has 0 atom stereocenters. The number of carboxylic acid groups (broad SMARTS) is 1. The molecule has 0 fully saturated rings. The number of nitrogens with zero attached hydrogens (tertiary/aromatic N) is 1. The molecule has 7 nitrogen and oxygen atoms in total. The lowest BCUT2D eigenvalue weighted by Gasteiger charge is -2.06. The number of rotatable bonds is 6. The first-order chi connectivity index (χ1) is 14.0. The quantitative estimate of drug-likeness (QED) is 0.483. The number of nitriles is 1. The van der Waals surface area contributed by atoms with Crippen LogP contribution in [0.3, 0.4) is 0 Å². The molecule has 3 aromatic rings. The van der Waals surface area contributed by atoms with Crippen molar-refractivity contribution in [2.45, 2.75) is 0 Å². The molecule has 2 N–H and O–H groups in total. The van der Waals surface area contributed by atoms with Crippen LogP contribution in [0.15, 0.2) is 70.7 Å². The van der Waals surface area contributed by atoms with E-state index in [9.17, 15) is 14.9 Å². The number of carboxylic acids is 1.